The van der Waals surface area contributed by atoms with Crippen LogP contribution in [0.3, 0.4) is 0 Å². The average molecular weight is 304 g/mol. The zero-order valence-corrected chi connectivity index (χ0v) is 12.6. The first-order chi connectivity index (χ1) is 10.2. The van der Waals surface area contributed by atoms with Crippen LogP contribution in [0.2, 0.25) is 5.02 Å². The van der Waals surface area contributed by atoms with Gasteiger partial charge >= 0.3 is 0 Å². The molecule has 1 heterocycles. The van der Waals surface area contributed by atoms with Crippen molar-refractivity contribution in [3.05, 3.63) is 46.6 Å². The summed E-state index contributed by atoms with van der Waals surface area (Å²) in [5.74, 6) is -0.191. The predicted molar refractivity (Wildman–Crippen MR) is 82.4 cm³/mol. The van der Waals surface area contributed by atoms with Gasteiger partial charge in [0.05, 0.1) is 0 Å². The molecule has 2 rings (SSSR count). The lowest BCUT2D eigenvalue weighted by Gasteiger charge is -2.26. The molecule has 1 aromatic rings. The molecular weight excluding hydrogens is 286 g/mol. The zero-order chi connectivity index (χ0) is 15.1. The molecule has 1 fully saturated rings. The van der Waals surface area contributed by atoms with Gasteiger partial charge in [0, 0.05) is 30.9 Å². The van der Waals surface area contributed by atoms with Crippen molar-refractivity contribution < 1.29 is 4.79 Å². The fraction of sp³-hybridized carbons (Fsp3) is 0.375. The van der Waals surface area contributed by atoms with Gasteiger partial charge in [-0.2, -0.15) is 5.26 Å². The van der Waals surface area contributed by atoms with Crippen LogP contribution >= 0.6 is 11.6 Å². The van der Waals surface area contributed by atoms with Gasteiger partial charge in [-0.1, -0.05) is 29.8 Å². The molecule has 0 radical (unpaired) electrons. The SMILES string of the molecule is N#C/C(=C/NCc1ccccc1Cl)C(=O)N1CCCCC1. The number of likely N-dealkylation sites (tertiary alicyclic amines) is 1. The normalized spacial score (nSPS) is 15.4. The first-order valence-corrected chi connectivity index (χ1v) is 7.46. The number of halogens is 1. The van der Waals surface area contributed by atoms with Crippen molar-refractivity contribution >= 4 is 17.5 Å². The largest absolute Gasteiger partial charge is 0.386 e. The van der Waals surface area contributed by atoms with Gasteiger partial charge in [0.25, 0.3) is 5.91 Å². The van der Waals surface area contributed by atoms with E-state index in [9.17, 15) is 4.79 Å². The number of carbonyl (C=O) groups excluding carboxylic acids is 1. The number of nitrogens with one attached hydrogen (secondary N) is 1. The van der Waals surface area contributed by atoms with E-state index in [0.29, 0.717) is 11.6 Å². The van der Waals surface area contributed by atoms with Crippen LogP contribution in [0.25, 0.3) is 0 Å². The van der Waals surface area contributed by atoms with Gasteiger partial charge in [0.15, 0.2) is 0 Å². The number of piperidine rings is 1. The topological polar surface area (TPSA) is 56.1 Å². The molecular formula is C16H18ClN3O. The summed E-state index contributed by atoms with van der Waals surface area (Å²) < 4.78 is 0. The second kappa shape index (κ2) is 7.70. The third kappa shape index (κ3) is 4.24. The Hall–Kier alpha value is -1.99. The summed E-state index contributed by atoms with van der Waals surface area (Å²) in [7, 11) is 0. The molecule has 1 saturated heterocycles. The molecule has 0 atom stereocenters. The summed E-state index contributed by atoms with van der Waals surface area (Å²) in [5.41, 5.74) is 1.07. The van der Waals surface area contributed by atoms with Crippen molar-refractivity contribution in [3.8, 4) is 6.07 Å². The van der Waals surface area contributed by atoms with Crippen molar-refractivity contribution in [3.63, 3.8) is 0 Å². The Bertz CT molecular complexity index is 571. The second-order valence-corrected chi connectivity index (χ2v) is 5.40. The lowest BCUT2D eigenvalue weighted by Crippen LogP contribution is -2.36. The fourth-order valence-corrected chi connectivity index (χ4v) is 2.52. The van der Waals surface area contributed by atoms with Crippen LogP contribution in [0.4, 0.5) is 0 Å². The summed E-state index contributed by atoms with van der Waals surface area (Å²) in [5, 5.41) is 12.8. The summed E-state index contributed by atoms with van der Waals surface area (Å²) >= 11 is 6.06. The second-order valence-electron chi connectivity index (χ2n) is 4.99. The van der Waals surface area contributed by atoms with E-state index in [2.05, 4.69) is 5.32 Å². The number of hydrogen-bond donors (Lipinski definition) is 1. The third-order valence-corrected chi connectivity index (χ3v) is 3.86. The minimum absolute atomic E-state index is 0.143. The molecule has 110 valence electrons. The molecule has 1 aliphatic heterocycles. The van der Waals surface area contributed by atoms with Gasteiger partial charge in [0.1, 0.15) is 11.6 Å². The van der Waals surface area contributed by atoms with Gasteiger partial charge in [-0.25, -0.2) is 0 Å². The molecule has 4 nitrogen and oxygen atoms in total. The van der Waals surface area contributed by atoms with Crippen LogP contribution < -0.4 is 5.32 Å². The Labute approximate surface area is 130 Å². The number of hydrogen-bond acceptors (Lipinski definition) is 3. The third-order valence-electron chi connectivity index (χ3n) is 3.49. The van der Waals surface area contributed by atoms with Crippen LogP contribution in [0.1, 0.15) is 24.8 Å². The molecule has 0 aliphatic carbocycles. The Morgan fingerprint density at radius 3 is 2.71 bits per heavy atom. The Morgan fingerprint density at radius 1 is 1.33 bits per heavy atom. The van der Waals surface area contributed by atoms with Crippen molar-refractivity contribution in [1.29, 1.82) is 5.26 Å². The van der Waals surface area contributed by atoms with Crippen LogP contribution in [0.5, 0.6) is 0 Å². The highest BCUT2D eigenvalue weighted by Gasteiger charge is 2.19. The van der Waals surface area contributed by atoms with Crippen molar-refractivity contribution in [1.82, 2.24) is 10.2 Å². The minimum atomic E-state index is -0.191. The molecule has 0 aromatic heterocycles. The fourth-order valence-electron chi connectivity index (χ4n) is 2.31. The predicted octanol–water partition coefficient (Wildman–Crippen LogP) is 2.85. The van der Waals surface area contributed by atoms with E-state index in [-0.39, 0.29) is 11.5 Å². The van der Waals surface area contributed by atoms with Crippen molar-refractivity contribution in [2.75, 3.05) is 13.1 Å². The first-order valence-electron chi connectivity index (χ1n) is 7.08. The molecule has 1 amide bonds. The van der Waals surface area contributed by atoms with Gasteiger partial charge in [-0.15, -0.1) is 0 Å². The van der Waals surface area contributed by atoms with Gasteiger partial charge in [-0.05, 0) is 30.9 Å². The van der Waals surface area contributed by atoms with E-state index in [1.807, 2.05) is 30.3 Å². The number of nitriles is 1. The molecule has 0 unspecified atom stereocenters. The first kappa shape index (κ1) is 15.4. The molecule has 5 heteroatoms. The zero-order valence-electron chi connectivity index (χ0n) is 11.8. The molecule has 1 aliphatic rings. The standard InChI is InChI=1S/C16H18ClN3O/c17-15-7-3-2-6-13(15)11-19-12-14(10-18)16(21)20-8-4-1-5-9-20/h2-3,6-7,12,19H,1,4-5,8-9,11H2/b14-12-. The minimum Gasteiger partial charge on any atom is -0.386 e. The van der Waals surface area contributed by atoms with Gasteiger partial charge in [-0.3, -0.25) is 4.79 Å². The van der Waals surface area contributed by atoms with Gasteiger partial charge in [0.2, 0.25) is 0 Å². The molecule has 21 heavy (non-hydrogen) atoms. The van der Waals surface area contributed by atoms with E-state index in [1.165, 1.54) is 6.20 Å². The Balaban J connectivity index is 1.96. The number of rotatable bonds is 4. The van der Waals surface area contributed by atoms with Gasteiger partial charge < -0.3 is 10.2 Å². The molecule has 1 aromatic carbocycles. The summed E-state index contributed by atoms with van der Waals surface area (Å²) in [6.45, 7) is 1.96. The van der Waals surface area contributed by atoms with Crippen LogP contribution in [-0.4, -0.2) is 23.9 Å². The lowest BCUT2D eigenvalue weighted by atomic mass is 10.1. The maximum absolute atomic E-state index is 12.2. The van der Waals surface area contributed by atoms with E-state index >= 15 is 0 Å². The van der Waals surface area contributed by atoms with Crippen LogP contribution in [-0.2, 0) is 11.3 Å². The number of amides is 1. The Morgan fingerprint density at radius 2 is 2.05 bits per heavy atom. The van der Waals surface area contributed by atoms with Crippen LogP contribution in [0.15, 0.2) is 36.0 Å². The number of nitrogens with zero attached hydrogens (tertiary/aromatic N) is 2. The van der Waals surface area contributed by atoms with Crippen LogP contribution in [0, 0.1) is 11.3 Å². The molecule has 0 saturated carbocycles. The van der Waals surface area contributed by atoms with E-state index in [0.717, 1.165) is 37.9 Å². The van der Waals surface area contributed by atoms with E-state index in [4.69, 9.17) is 16.9 Å². The maximum atomic E-state index is 12.2. The molecule has 1 N–H and O–H groups in total. The highest BCUT2D eigenvalue weighted by atomic mass is 35.5. The van der Waals surface area contributed by atoms with E-state index in [1.54, 1.807) is 4.90 Å². The highest BCUT2D eigenvalue weighted by molar-refractivity contribution is 6.31. The maximum Gasteiger partial charge on any atom is 0.265 e. The molecule has 0 spiro atoms. The number of benzene rings is 1. The highest BCUT2D eigenvalue weighted by Crippen LogP contribution is 2.15. The number of carbonyl (C=O) groups is 1. The summed E-state index contributed by atoms with van der Waals surface area (Å²) in [6, 6.07) is 9.45. The smallest absolute Gasteiger partial charge is 0.265 e. The van der Waals surface area contributed by atoms with Crippen molar-refractivity contribution in [2.45, 2.75) is 25.8 Å². The lowest BCUT2D eigenvalue weighted by molar-refractivity contribution is -0.127. The molecule has 0 bridgehead atoms. The Kier molecular flexibility index (Phi) is 5.65. The average Bonchev–Trinajstić information content (AvgIpc) is 2.53. The quantitative estimate of drug-likeness (QED) is 0.687. The summed E-state index contributed by atoms with van der Waals surface area (Å²) in [4.78, 5) is 14.0. The van der Waals surface area contributed by atoms with Crippen molar-refractivity contribution in [2.24, 2.45) is 0 Å². The van der Waals surface area contributed by atoms with E-state index < -0.39 is 0 Å². The summed E-state index contributed by atoms with van der Waals surface area (Å²) in [6.07, 6.45) is 4.66. The monoisotopic (exact) mass is 303 g/mol.